The molecule has 0 aromatic rings. The van der Waals surface area contributed by atoms with Crippen molar-refractivity contribution in [2.24, 2.45) is 0 Å². The van der Waals surface area contributed by atoms with Crippen molar-refractivity contribution >= 4 is 39.5 Å². The van der Waals surface area contributed by atoms with Gasteiger partial charge in [0.1, 0.15) is 19.3 Å². The first-order valence-electron chi connectivity index (χ1n) is 39.5. The first kappa shape index (κ1) is 94.8. The van der Waals surface area contributed by atoms with E-state index in [0.717, 1.165) is 141 Å². The van der Waals surface area contributed by atoms with Crippen molar-refractivity contribution in [3.63, 3.8) is 0 Å². The number of phosphoric acid groups is 2. The molecule has 0 heterocycles. The molecule has 0 saturated heterocycles. The fraction of sp³-hybridized carbons (Fsp3) is 0.823. The zero-order valence-electron chi connectivity index (χ0n) is 62.5. The van der Waals surface area contributed by atoms with Crippen LogP contribution in [0.4, 0.5) is 0 Å². The summed E-state index contributed by atoms with van der Waals surface area (Å²) >= 11 is 0. The number of rotatable bonds is 75. The zero-order valence-corrected chi connectivity index (χ0v) is 64.3. The maximum Gasteiger partial charge on any atom is 0.472 e. The van der Waals surface area contributed by atoms with Crippen molar-refractivity contribution in [1.82, 2.24) is 0 Å². The van der Waals surface area contributed by atoms with Crippen LogP contribution >= 0.6 is 15.6 Å². The van der Waals surface area contributed by atoms with Crippen molar-refractivity contribution in [3.8, 4) is 0 Å². The summed E-state index contributed by atoms with van der Waals surface area (Å²) in [6.07, 6.45) is 70.5. The van der Waals surface area contributed by atoms with E-state index in [1.54, 1.807) is 0 Å². The third-order valence-corrected chi connectivity index (χ3v) is 18.9. The van der Waals surface area contributed by atoms with Crippen molar-refractivity contribution in [2.45, 2.75) is 380 Å². The van der Waals surface area contributed by atoms with Gasteiger partial charge < -0.3 is 33.8 Å². The summed E-state index contributed by atoms with van der Waals surface area (Å²) in [4.78, 5) is 72.9. The lowest BCUT2D eigenvalue weighted by Crippen LogP contribution is -2.30. The van der Waals surface area contributed by atoms with Gasteiger partial charge in [-0.3, -0.25) is 37.3 Å². The van der Waals surface area contributed by atoms with E-state index in [2.05, 4.69) is 88.5 Å². The lowest BCUT2D eigenvalue weighted by molar-refractivity contribution is -0.161. The molecule has 0 rings (SSSR count). The molecule has 5 atom stereocenters. The molecular weight excluding hydrogens is 1280 g/mol. The van der Waals surface area contributed by atoms with Gasteiger partial charge in [-0.25, -0.2) is 9.13 Å². The highest BCUT2D eigenvalue weighted by atomic mass is 31.2. The summed E-state index contributed by atoms with van der Waals surface area (Å²) in [5, 5.41) is 10.6. The molecule has 0 saturated carbocycles. The minimum absolute atomic E-state index is 0.0837. The maximum atomic E-state index is 13.1. The Hall–Kier alpha value is -3.24. The highest BCUT2D eigenvalue weighted by molar-refractivity contribution is 7.47. The fourth-order valence-corrected chi connectivity index (χ4v) is 12.5. The van der Waals surface area contributed by atoms with Gasteiger partial charge in [0.15, 0.2) is 12.2 Å². The van der Waals surface area contributed by atoms with Crippen LogP contribution in [0.1, 0.15) is 362 Å². The average Bonchev–Trinajstić information content (AvgIpc) is 1.05. The second-order valence-electron chi connectivity index (χ2n) is 26.7. The first-order valence-corrected chi connectivity index (χ1v) is 42.5. The molecule has 572 valence electrons. The zero-order chi connectivity index (χ0) is 71.8. The van der Waals surface area contributed by atoms with Crippen LogP contribution in [0.15, 0.2) is 60.8 Å². The number of carbonyl (C=O) groups excluding carboxylic acids is 4. The predicted molar refractivity (Wildman–Crippen MR) is 400 cm³/mol. The largest absolute Gasteiger partial charge is 0.472 e. The molecule has 0 amide bonds. The smallest absolute Gasteiger partial charge is 0.462 e. The Bertz CT molecular complexity index is 2100. The van der Waals surface area contributed by atoms with Crippen molar-refractivity contribution in [3.05, 3.63) is 60.8 Å². The Morgan fingerprint density at radius 1 is 0.296 bits per heavy atom. The molecule has 0 fully saturated rings. The third kappa shape index (κ3) is 71.2. The Morgan fingerprint density at radius 2 is 0.531 bits per heavy atom. The lowest BCUT2D eigenvalue weighted by Gasteiger charge is -2.21. The van der Waals surface area contributed by atoms with Crippen LogP contribution in [0, 0.1) is 0 Å². The van der Waals surface area contributed by atoms with Crippen LogP contribution in [0.3, 0.4) is 0 Å². The summed E-state index contributed by atoms with van der Waals surface area (Å²) < 4.78 is 68.5. The van der Waals surface area contributed by atoms with E-state index in [4.69, 9.17) is 37.0 Å². The second kappa shape index (κ2) is 72.1. The Morgan fingerprint density at radius 3 is 0.857 bits per heavy atom. The second-order valence-corrected chi connectivity index (χ2v) is 29.6. The van der Waals surface area contributed by atoms with Gasteiger partial charge in [-0.05, 0) is 109 Å². The molecule has 0 radical (unpaired) electrons. The molecule has 0 aromatic carbocycles. The molecule has 3 N–H and O–H groups in total. The Labute approximate surface area is 597 Å². The van der Waals surface area contributed by atoms with Gasteiger partial charge in [0.25, 0.3) is 0 Å². The summed E-state index contributed by atoms with van der Waals surface area (Å²) in [5.41, 5.74) is 0. The predicted octanol–water partition coefficient (Wildman–Crippen LogP) is 22.7. The number of hydrogen-bond acceptors (Lipinski definition) is 15. The molecule has 0 aliphatic carbocycles. The molecule has 0 aliphatic rings. The van der Waals surface area contributed by atoms with E-state index in [9.17, 15) is 43.2 Å². The van der Waals surface area contributed by atoms with Crippen molar-refractivity contribution in [2.75, 3.05) is 39.6 Å². The highest BCUT2D eigenvalue weighted by Crippen LogP contribution is 2.45. The minimum atomic E-state index is -4.97. The minimum Gasteiger partial charge on any atom is -0.462 e. The number of aliphatic hydroxyl groups is 1. The molecule has 19 heteroatoms. The van der Waals surface area contributed by atoms with E-state index in [-0.39, 0.29) is 25.7 Å². The van der Waals surface area contributed by atoms with Gasteiger partial charge in [0.05, 0.1) is 26.4 Å². The quantitative estimate of drug-likeness (QED) is 0.0128. The molecule has 17 nitrogen and oxygen atoms in total. The summed E-state index contributed by atoms with van der Waals surface area (Å²) in [5.74, 6) is -2.18. The number of allylic oxidation sites excluding steroid dienone is 10. The summed E-state index contributed by atoms with van der Waals surface area (Å²) in [6.45, 7) is 4.84. The van der Waals surface area contributed by atoms with Gasteiger partial charge >= 0.3 is 39.5 Å². The van der Waals surface area contributed by atoms with Crippen LogP contribution < -0.4 is 0 Å². The van der Waals surface area contributed by atoms with Gasteiger partial charge in [-0.2, -0.15) is 0 Å². The maximum absolute atomic E-state index is 13.1. The van der Waals surface area contributed by atoms with E-state index in [1.165, 1.54) is 141 Å². The highest BCUT2D eigenvalue weighted by Gasteiger charge is 2.30. The summed E-state index contributed by atoms with van der Waals surface area (Å²) in [7, 11) is -9.95. The standard InChI is InChI=1S/C79H144O17P2/c1-5-9-13-17-21-25-29-33-36-40-44-48-52-56-60-64-77(82)90-70-75(96-79(84)66-62-58-54-50-46-42-38-35-31-27-23-19-15-11-7-3)72-94-98(87,88)92-68-73(80)67-91-97(85,86)93-71-74(69-89-76(81)63-59-55-51-47-43-39-32-28-24-20-16-12-8-4)95-78(83)65-61-57-53-49-45-41-37-34-30-26-22-18-14-10-6-2/h22,25-26,29,33-38,73-75,80H,5-21,23-24,27-28,30-32,39-72H2,1-4H3,(H,85,86)(H,87,88)/b26-22-,29-25-,36-33-,37-34-,38-35-/t73-,74-,75-/m1/s1. The summed E-state index contributed by atoms with van der Waals surface area (Å²) in [6, 6.07) is 0. The lowest BCUT2D eigenvalue weighted by atomic mass is 10.0. The molecule has 98 heavy (non-hydrogen) atoms. The van der Waals surface area contributed by atoms with Crippen molar-refractivity contribution < 1.29 is 80.2 Å². The fourth-order valence-electron chi connectivity index (χ4n) is 10.9. The number of phosphoric ester groups is 2. The van der Waals surface area contributed by atoms with E-state index < -0.39 is 97.5 Å². The molecule has 0 bridgehead atoms. The molecule has 0 spiro atoms. The molecular formula is C79H144O17P2. The molecule has 0 aromatic heterocycles. The number of carbonyl (C=O) groups is 4. The number of aliphatic hydroxyl groups excluding tert-OH is 1. The number of unbranched alkanes of at least 4 members (excludes halogenated alkanes) is 40. The van der Waals surface area contributed by atoms with Crippen LogP contribution in [0.25, 0.3) is 0 Å². The SMILES string of the molecule is CCCCC/C=C\C/C=C\CCCCCCCC(=O)O[C@H](COC(=O)CCCCCCCCCCCCCCC)COP(=O)(O)OC[C@@H](O)COP(=O)(O)OC[C@@H](COC(=O)CCCCCCC/C=C\C=C/CCCCCC)OC(=O)CCCCCCC/C=C\CCCCCCCC. The molecule has 0 aliphatic heterocycles. The first-order chi connectivity index (χ1) is 47.7. The Balaban J connectivity index is 5.35. The van der Waals surface area contributed by atoms with Crippen LogP contribution in [0.2, 0.25) is 0 Å². The number of ether oxygens (including phenoxy) is 4. The van der Waals surface area contributed by atoms with E-state index in [0.29, 0.717) is 25.7 Å². The monoisotopic (exact) mass is 1430 g/mol. The van der Waals surface area contributed by atoms with Crippen molar-refractivity contribution in [1.29, 1.82) is 0 Å². The topological polar surface area (TPSA) is 237 Å². The number of esters is 4. The van der Waals surface area contributed by atoms with Crippen LogP contribution in [0.5, 0.6) is 0 Å². The van der Waals surface area contributed by atoms with Gasteiger partial charge in [0.2, 0.25) is 0 Å². The third-order valence-electron chi connectivity index (χ3n) is 17.0. The number of hydrogen-bond donors (Lipinski definition) is 3. The normalized spacial score (nSPS) is 14.2. The van der Waals surface area contributed by atoms with E-state index in [1.807, 2.05) is 0 Å². The average molecular weight is 1430 g/mol. The Kier molecular flexibility index (Phi) is 69.7. The van der Waals surface area contributed by atoms with Crippen LogP contribution in [-0.4, -0.2) is 96.7 Å². The van der Waals surface area contributed by atoms with Gasteiger partial charge in [-0.15, -0.1) is 0 Å². The van der Waals surface area contributed by atoms with E-state index >= 15 is 0 Å². The van der Waals surface area contributed by atoms with Gasteiger partial charge in [0, 0.05) is 25.7 Å². The van der Waals surface area contributed by atoms with Crippen LogP contribution in [-0.2, 0) is 65.4 Å². The molecule has 2 unspecified atom stereocenters. The van der Waals surface area contributed by atoms with Gasteiger partial charge in [-0.1, -0.05) is 288 Å².